The van der Waals surface area contributed by atoms with Crippen LogP contribution in [0.4, 0.5) is 4.79 Å². The van der Waals surface area contributed by atoms with Crippen LogP contribution in [0, 0.1) is 19.8 Å². The maximum atomic E-state index is 14.7. The first-order valence-electron chi connectivity index (χ1n) is 14.3. The summed E-state index contributed by atoms with van der Waals surface area (Å²) >= 11 is 6.27. The molecule has 222 valence electrons. The number of likely N-dealkylation sites (tertiary alicyclic amines) is 1. The number of urea groups is 1. The lowest BCUT2D eigenvalue weighted by molar-refractivity contribution is -0.136. The van der Waals surface area contributed by atoms with Gasteiger partial charge in [-0.15, -0.1) is 0 Å². The van der Waals surface area contributed by atoms with Crippen molar-refractivity contribution in [1.82, 2.24) is 20.4 Å². The van der Waals surface area contributed by atoms with Crippen LogP contribution in [0.2, 0.25) is 5.02 Å². The summed E-state index contributed by atoms with van der Waals surface area (Å²) in [6.45, 7) is 8.10. The highest BCUT2D eigenvalue weighted by molar-refractivity contribution is 6.30. The Kier molecular flexibility index (Phi) is 8.89. The van der Waals surface area contributed by atoms with Crippen LogP contribution in [0.3, 0.4) is 0 Å². The van der Waals surface area contributed by atoms with E-state index in [0.717, 1.165) is 11.1 Å². The first kappa shape index (κ1) is 29.7. The highest BCUT2D eigenvalue weighted by Crippen LogP contribution is 2.52. The summed E-state index contributed by atoms with van der Waals surface area (Å²) in [5, 5.41) is 6.74. The Morgan fingerprint density at radius 2 is 1.67 bits per heavy atom. The van der Waals surface area contributed by atoms with Crippen molar-refractivity contribution in [2.45, 2.75) is 38.8 Å². The van der Waals surface area contributed by atoms with Crippen LogP contribution < -0.4 is 15.4 Å². The Labute approximate surface area is 251 Å². The molecule has 4 atom stereocenters. The van der Waals surface area contributed by atoms with Crippen molar-refractivity contribution in [2.24, 2.45) is 5.92 Å². The molecule has 2 aromatic carbocycles. The number of piperazine rings is 1. The van der Waals surface area contributed by atoms with Gasteiger partial charge in [0.05, 0.1) is 24.6 Å². The standard InChI is InChI=1S/C32H37ClN4O5/c1-5-35-32(40)37-28(22-6-10-23(33)11-7-22)27(30(38)25-18-19(2)42-20(25)3)26(21-8-12-24(41-4)13-9-21)29(37)31(39)36-16-14-34-15-17-36/h6-13,18,26-29,34H,5,14-17H2,1-4H3,(H,35,40). The maximum absolute atomic E-state index is 14.7. The summed E-state index contributed by atoms with van der Waals surface area (Å²) in [6.07, 6.45) is 0. The largest absolute Gasteiger partial charge is 0.497 e. The number of ether oxygens (including phenoxy) is 1. The van der Waals surface area contributed by atoms with E-state index < -0.39 is 30.0 Å². The molecule has 2 saturated heterocycles. The van der Waals surface area contributed by atoms with Crippen molar-refractivity contribution in [3.05, 3.63) is 87.8 Å². The monoisotopic (exact) mass is 592 g/mol. The van der Waals surface area contributed by atoms with Gasteiger partial charge < -0.3 is 29.6 Å². The van der Waals surface area contributed by atoms with E-state index in [1.807, 2.05) is 43.3 Å². The number of benzene rings is 2. The molecule has 9 nitrogen and oxygen atoms in total. The highest BCUT2D eigenvalue weighted by atomic mass is 35.5. The predicted molar refractivity (Wildman–Crippen MR) is 160 cm³/mol. The number of amides is 3. The van der Waals surface area contributed by atoms with Crippen LogP contribution in [0.5, 0.6) is 5.75 Å². The van der Waals surface area contributed by atoms with E-state index in [1.54, 1.807) is 49.0 Å². The van der Waals surface area contributed by atoms with E-state index in [4.69, 9.17) is 20.8 Å². The minimum Gasteiger partial charge on any atom is -0.497 e. The molecule has 2 aliphatic heterocycles. The van der Waals surface area contributed by atoms with Crippen LogP contribution >= 0.6 is 11.6 Å². The number of ketones is 1. The Balaban J connectivity index is 1.76. The van der Waals surface area contributed by atoms with E-state index in [0.29, 0.717) is 60.6 Å². The molecule has 3 heterocycles. The first-order chi connectivity index (χ1) is 20.2. The Morgan fingerprint density at radius 1 is 1.02 bits per heavy atom. The average molecular weight is 593 g/mol. The van der Waals surface area contributed by atoms with Crippen LogP contribution in [0.15, 0.2) is 59.0 Å². The number of carbonyl (C=O) groups is 3. The fraction of sp³-hybridized carbons (Fsp3) is 0.406. The SMILES string of the molecule is CCNC(=O)N1C(C(=O)N2CCNCC2)C(c2ccc(OC)cc2)C(C(=O)c2cc(C)oc2C)C1c1ccc(Cl)cc1. The number of Topliss-reactive ketones (excluding diaryl/α,β-unsaturated/α-hetero) is 1. The van der Waals surface area contributed by atoms with E-state index in [1.165, 1.54) is 0 Å². The van der Waals surface area contributed by atoms with Crippen molar-refractivity contribution in [2.75, 3.05) is 39.8 Å². The highest BCUT2D eigenvalue weighted by Gasteiger charge is 2.58. The summed E-state index contributed by atoms with van der Waals surface area (Å²) in [6, 6.07) is 14.2. The van der Waals surface area contributed by atoms with Gasteiger partial charge in [-0.25, -0.2) is 4.79 Å². The number of methoxy groups -OCH3 is 1. The van der Waals surface area contributed by atoms with Gasteiger partial charge in [-0.2, -0.15) is 0 Å². The lowest BCUT2D eigenvalue weighted by Crippen LogP contribution is -2.56. The van der Waals surface area contributed by atoms with Crippen LogP contribution in [0.1, 0.15) is 51.9 Å². The summed E-state index contributed by atoms with van der Waals surface area (Å²) in [5.41, 5.74) is 1.93. The number of hydrogen-bond donors (Lipinski definition) is 2. The molecule has 10 heteroatoms. The molecular weight excluding hydrogens is 556 g/mol. The van der Waals surface area contributed by atoms with Crippen LogP contribution in [-0.2, 0) is 4.79 Å². The third-order valence-corrected chi connectivity index (χ3v) is 8.48. The molecule has 0 saturated carbocycles. The third-order valence-electron chi connectivity index (χ3n) is 8.23. The van der Waals surface area contributed by atoms with Gasteiger partial charge in [0.2, 0.25) is 5.91 Å². The number of hydrogen-bond acceptors (Lipinski definition) is 6. The van der Waals surface area contributed by atoms with Crippen molar-refractivity contribution in [3.63, 3.8) is 0 Å². The van der Waals surface area contributed by atoms with Gasteiger partial charge in [0.1, 0.15) is 23.3 Å². The number of carbonyl (C=O) groups excluding carboxylic acids is 3. The van der Waals surface area contributed by atoms with Gasteiger partial charge in [0.25, 0.3) is 0 Å². The van der Waals surface area contributed by atoms with Crippen molar-refractivity contribution < 1.29 is 23.5 Å². The fourth-order valence-corrected chi connectivity index (χ4v) is 6.48. The number of aryl methyl sites for hydroxylation is 2. The van der Waals surface area contributed by atoms with E-state index in [2.05, 4.69) is 10.6 Å². The number of halogens is 1. The lowest BCUT2D eigenvalue weighted by atomic mass is 9.76. The van der Waals surface area contributed by atoms with Crippen LogP contribution in [0.25, 0.3) is 0 Å². The zero-order chi connectivity index (χ0) is 30.0. The van der Waals surface area contributed by atoms with Gasteiger partial charge in [-0.05, 0) is 62.2 Å². The first-order valence-corrected chi connectivity index (χ1v) is 14.7. The number of rotatable bonds is 7. The molecule has 2 N–H and O–H groups in total. The fourth-order valence-electron chi connectivity index (χ4n) is 6.36. The minimum atomic E-state index is -0.939. The van der Waals surface area contributed by atoms with E-state index in [-0.39, 0.29) is 11.7 Å². The lowest BCUT2D eigenvalue weighted by Gasteiger charge is -2.36. The topological polar surface area (TPSA) is 104 Å². The van der Waals surface area contributed by atoms with Gasteiger partial charge in [-0.3, -0.25) is 9.59 Å². The van der Waals surface area contributed by atoms with Gasteiger partial charge in [0, 0.05) is 43.7 Å². The molecule has 42 heavy (non-hydrogen) atoms. The second-order valence-electron chi connectivity index (χ2n) is 10.8. The quantitative estimate of drug-likeness (QED) is 0.385. The van der Waals surface area contributed by atoms with Crippen molar-refractivity contribution >= 4 is 29.3 Å². The predicted octanol–water partition coefficient (Wildman–Crippen LogP) is 4.73. The molecule has 2 fully saturated rings. The number of nitrogens with zero attached hydrogens (tertiary/aromatic N) is 2. The van der Waals surface area contributed by atoms with Crippen molar-refractivity contribution in [1.29, 1.82) is 0 Å². The van der Waals surface area contributed by atoms with Gasteiger partial charge in [-0.1, -0.05) is 35.9 Å². The summed E-state index contributed by atoms with van der Waals surface area (Å²) in [7, 11) is 1.59. The Hall–Kier alpha value is -3.82. The van der Waals surface area contributed by atoms with Gasteiger partial charge in [0.15, 0.2) is 5.78 Å². The molecule has 2 aliphatic rings. The molecular formula is C32H37ClN4O5. The number of nitrogens with one attached hydrogen (secondary N) is 2. The smallest absolute Gasteiger partial charge is 0.318 e. The van der Waals surface area contributed by atoms with E-state index in [9.17, 15) is 14.4 Å². The third kappa shape index (κ3) is 5.63. The molecule has 1 aromatic heterocycles. The second kappa shape index (κ2) is 12.6. The van der Waals surface area contributed by atoms with E-state index >= 15 is 0 Å². The molecule has 3 amide bonds. The van der Waals surface area contributed by atoms with Crippen molar-refractivity contribution in [3.8, 4) is 5.75 Å². The Bertz CT molecular complexity index is 1430. The average Bonchev–Trinajstić information content (AvgIpc) is 3.54. The molecule has 0 radical (unpaired) electrons. The Morgan fingerprint density at radius 3 is 2.24 bits per heavy atom. The van der Waals surface area contributed by atoms with Crippen LogP contribution in [-0.4, -0.2) is 73.4 Å². The summed E-state index contributed by atoms with van der Waals surface area (Å²) in [4.78, 5) is 46.6. The molecule has 0 aliphatic carbocycles. The van der Waals surface area contributed by atoms with Gasteiger partial charge >= 0.3 is 6.03 Å². The normalized spacial score (nSPS) is 22.2. The minimum absolute atomic E-state index is 0.182. The molecule has 3 aromatic rings. The molecule has 0 spiro atoms. The summed E-state index contributed by atoms with van der Waals surface area (Å²) < 4.78 is 11.2. The zero-order valence-corrected chi connectivity index (χ0v) is 25.1. The number of furan rings is 1. The second-order valence-corrected chi connectivity index (χ2v) is 11.2. The summed E-state index contributed by atoms with van der Waals surface area (Å²) in [5.74, 6) is -0.0404. The molecule has 4 unspecified atom stereocenters. The molecule has 5 rings (SSSR count). The zero-order valence-electron chi connectivity index (χ0n) is 24.4. The maximum Gasteiger partial charge on any atom is 0.318 e. The molecule has 0 bridgehead atoms.